The molecule has 0 atom stereocenters. The molecule has 2 aromatic rings. The number of rotatable bonds is 5. The van der Waals surface area contributed by atoms with Gasteiger partial charge in [0.2, 0.25) is 0 Å². The van der Waals surface area contributed by atoms with E-state index in [4.69, 9.17) is 0 Å². The van der Waals surface area contributed by atoms with Gasteiger partial charge in [0.25, 0.3) is 5.91 Å². The number of hydrogen-bond donors (Lipinski definition) is 0. The average molecular weight is 340 g/mol. The van der Waals surface area contributed by atoms with Gasteiger partial charge in [-0.25, -0.2) is 4.39 Å². The van der Waals surface area contributed by atoms with E-state index in [0.717, 1.165) is 45.4 Å². The summed E-state index contributed by atoms with van der Waals surface area (Å²) in [6.07, 6.45) is 3.18. The van der Waals surface area contributed by atoms with Gasteiger partial charge in [0, 0.05) is 25.2 Å². The first-order valence-corrected chi connectivity index (χ1v) is 9.03. The molecule has 3 nitrogen and oxygen atoms in total. The van der Waals surface area contributed by atoms with Crippen molar-refractivity contribution in [3.8, 4) is 0 Å². The fourth-order valence-corrected chi connectivity index (χ4v) is 3.35. The van der Waals surface area contributed by atoms with Gasteiger partial charge in [-0.05, 0) is 56.1 Å². The molecular formula is C21H25FN2O. The minimum Gasteiger partial charge on any atom is -0.337 e. The molecule has 1 aliphatic heterocycles. The first-order valence-electron chi connectivity index (χ1n) is 9.03. The predicted molar refractivity (Wildman–Crippen MR) is 98.1 cm³/mol. The van der Waals surface area contributed by atoms with E-state index < -0.39 is 0 Å². The first-order chi connectivity index (χ1) is 12.2. The summed E-state index contributed by atoms with van der Waals surface area (Å²) in [5.74, 6) is -0.422. The molecule has 1 heterocycles. The minimum absolute atomic E-state index is 0.0642. The highest BCUT2D eigenvalue weighted by atomic mass is 19.1. The maximum atomic E-state index is 13.3. The SMILES string of the molecule is O=C(c1cccc(F)c1)N1CCCN(CCCc2ccccc2)CC1. The van der Waals surface area contributed by atoms with Crippen molar-refractivity contribution >= 4 is 5.91 Å². The van der Waals surface area contributed by atoms with Crippen LogP contribution in [0.15, 0.2) is 54.6 Å². The Morgan fingerprint density at radius 1 is 0.960 bits per heavy atom. The van der Waals surface area contributed by atoms with Crippen LogP contribution in [0, 0.1) is 5.82 Å². The molecular weight excluding hydrogens is 315 g/mol. The molecule has 0 aromatic heterocycles. The van der Waals surface area contributed by atoms with E-state index in [-0.39, 0.29) is 11.7 Å². The normalized spacial score (nSPS) is 15.8. The van der Waals surface area contributed by atoms with Gasteiger partial charge in [-0.15, -0.1) is 0 Å². The predicted octanol–water partition coefficient (Wildman–Crippen LogP) is 3.61. The van der Waals surface area contributed by atoms with Gasteiger partial charge in [-0.1, -0.05) is 36.4 Å². The van der Waals surface area contributed by atoms with Crippen LogP contribution in [0.2, 0.25) is 0 Å². The molecule has 0 saturated carbocycles. The fourth-order valence-electron chi connectivity index (χ4n) is 3.35. The molecule has 1 fully saturated rings. The maximum Gasteiger partial charge on any atom is 0.254 e. The van der Waals surface area contributed by atoms with Crippen LogP contribution in [0.5, 0.6) is 0 Å². The molecule has 3 rings (SSSR count). The lowest BCUT2D eigenvalue weighted by Crippen LogP contribution is -2.35. The number of benzene rings is 2. The molecule has 4 heteroatoms. The standard InChI is InChI=1S/C21H25FN2O/c22-20-11-4-10-19(17-20)21(25)24-14-6-13-23(15-16-24)12-5-9-18-7-2-1-3-8-18/h1-4,7-8,10-11,17H,5-6,9,12-16H2. The second-order valence-electron chi connectivity index (χ2n) is 6.59. The van der Waals surface area contributed by atoms with Crippen molar-refractivity contribution in [3.05, 3.63) is 71.5 Å². The van der Waals surface area contributed by atoms with Crippen LogP contribution < -0.4 is 0 Å². The second kappa shape index (κ2) is 8.77. The molecule has 0 aliphatic carbocycles. The minimum atomic E-state index is -0.358. The monoisotopic (exact) mass is 340 g/mol. The van der Waals surface area contributed by atoms with Crippen LogP contribution in [-0.4, -0.2) is 48.4 Å². The van der Waals surface area contributed by atoms with Crippen LogP contribution >= 0.6 is 0 Å². The molecule has 25 heavy (non-hydrogen) atoms. The molecule has 1 amide bonds. The van der Waals surface area contributed by atoms with E-state index in [9.17, 15) is 9.18 Å². The molecule has 2 aromatic carbocycles. The third-order valence-corrected chi connectivity index (χ3v) is 4.73. The zero-order valence-electron chi connectivity index (χ0n) is 14.5. The molecule has 0 bridgehead atoms. The van der Waals surface area contributed by atoms with Gasteiger partial charge in [0.15, 0.2) is 0 Å². The maximum absolute atomic E-state index is 13.3. The Labute approximate surface area is 149 Å². The smallest absolute Gasteiger partial charge is 0.254 e. The van der Waals surface area contributed by atoms with Gasteiger partial charge in [-0.2, -0.15) is 0 Å². The summed E-state index contributed by atoms with van der Waals surface area (Å²) in [7, 11) is 0. The van der Waals surface area contributed by atoms with Crippen molar-refractivity contribution < 1.29 is 9.18 Å². The van der Waals surface area contributed by atoms with Crippen molar-refractivity contribution in [2.24, 2.45) is 0 Å². The fraction of sp³-hybridized carbons (Fsp3) is 0.381. The molecule has 1 aliphatic rings. The Morgan fingerprint density at radius 2 is 1.80 bits per heavy atom. The second-order valence-corrected chi connectivity index (χ2v) is 6.59. The number of carbonyl (C=O) groups is 1. The quantitative estimate of drug-likeness (QED) is 0.830. The lowest BCUT2D eigenvalue weighted by atomic mass is 10.1. The first kappa shape index (κ1) is 17.6. The summed E-state index contributed by atoms with van der Waals surface area (Å²) in [5, 5.41) is 0. The highest BCUT2D eigenvalue weighted by Gasteiger charge is 2.20. The van der Waals surface area contributed by atoms with Crippen LogP contribution in [-0.2, 0) is 6.42 Å². The Kier molecular flexibility index (Phi) is 6.18. The zero-order valence-corrected chi connectivity index (χ0v) is 14.5. The topological polar surface area (TPSA) is 23.6 Å². The summed E-state index contributed by atoms with van der Waals surface area (Å²) >= 11 is 0. The van der Waals surface area contributed by atoms with Gasteiger partial charge in [0.1, 0.15) is 5.82 Å². The lowest BCUT2D eigenvalue weighted by molar-refractivity contribution is 0.0761. The van der Waals surface area contributed by atoms with E-state index in [1.165, 1.54) is 17.7 Å². The summed E-state index contributed by atoms with van der Waals surface area (Å²) in [4.78, 5) is 16.8. The van der Waals surface area contributed by atoms with Gasteiger partial charge < -0.3 is 9.80 Å². The van der Waals surface area contributed by atoms with E-state index in [0.29, 0.717) is 12.1 Å². The molecule has 1 saturated heterocycles. The number of hydrogen-bond acceptors (Lipinski definition) is 2. The van der Waals surface area contributed by atoms with Crippen LogP contribution in [0.1, 0.15) is 28.8 Å². The molecule has 132 valence electrons. The van der Waals surface area contributed by atoms with Crippen molar-refractivity contribution in [1.82, 2.24) is 9.80 Å². The highest BCUT2D eigenvalue weighted by molar-refractivity contribution is 5.94. The third kappa shape index (κ3) is 5.13. The van der Waals surface area contributed by atoms with Crippen molar-refractivity contribution in [1.29, 1.82) is 0 Å². The summed E-state index contributed by atoms with van der Waals surface area (Å²) in [6.45, 7) is 4.40. The van der Waals surface area contributed by atoms with Gasteiger partial charge in [0.05, 0.1) is 0 Å². The average Bonchev–Trinajstić information content (AvgIpc) is 2.88. The third-order valence-electron chi connectivity index (χ3n) is 4.73. The van der Waals surface area contributed by atoms with Crippen molar-refractivity contribution in [2.45, 2.75) is 19.3 Å². The Balaban J connectivity index is 1.48. The summed E-state index contributed by atoms with van der Waals surface area (Å²) in [5.41, 5.74) is 1.82. The molecule has 0 unspecified atom stereocenters. The largest absolute Gasteiger partial charge is 0.337 e. The number of nitrogens with zero attached hydrogens (tertiary/aromatic N) is 2. The number of aryl methyl sites for hydroxylation is 1. The number of amides is 1. The van der Waals surface area contributed by atoms with Crippen molar-refractivity contribution in [3.63, 3.8) is 0 Å². The molecule has 0 spiro atoms. The number of carbonyl (C=O) groups excluding carboxylic acids is 1. The lowest BCUT2D eigenvalue weighted by Gasteiger charge is -2.22. The van der Waals surface area contributed by atoms with Crippen molar-refractivity contribution in [2.75, 3.05) is 32.7 Å². The highest BCUT2D eigenvalue weighted by Crippen LogP contribution is 2.12. The summed E-state index contributed by atoms with van der Waals surface area (Å²) < 4.78 is 13.3. The van der Waals surface area contributed by atoms with Gasteiger partial charge in [-0.3, -0.25) is 4.79 Å². The van der Waals surface area contributed by atoms with E-state index in [2.05, 4.69) is 29.2 Å². The van der Waals surface area contributed by atoms with Gasteiger partial charge >= 0.3 is 0 Å². The Hall–Kier alpha value is -2.20. The number of halogens is 1. The molecule has 0 radical (unpaired) electrons. The van der Waals surface area contributed by atoms with Crippen LogP contribution in [0.3, 0.4) is 0 Å². The summed E-state index contributed by atoms with van der Waals surface area (Å²) in [6, 6.07) is 16.5. The van der Waals surface area contributed by atoms with E-state index in [1.54, 1.807) is 12.1 Å². The molecule has 0 N–H and O–H groups in total. The van der Waals surface area contributed by atoms with Crippen LogP contribution in [0.4, 0.5) is 4.39 Å². The Bertz CT molecular complexity index is 689. The van der Waals surface area contributed by atoms with Crippen LogP contribution in [0.25, 0.3) is 0 Å². The zero-order chi connectivity index (χ0) is 17.5. The van der Waals surface area contributed by atoms with E-state index in [1.807, 2.05) is 11.0 Å². The Morgan fingerprint density at radius 3 is 2.60 bits per heavy atom. The van der Waals surface area contributed by atoms with E-state index >= 15 is 0 Å².